The molecule has 80 valence electrons. The fourth-order valence-corrected chi connectivity index (χ4v) is 2.38. The molecule has 0 fully saturated rings. The van der Waals surface area contributed by atoms with Crippen molar-refractivity contribution >= 4 is 16.8 Å². The van der Waals surface area contributed by atoms with Crippen LogP contribution in [0.15, 0.2) is 42.5 Å². The average molecular weight is 210 g/mol. The first-order valence-electron chi connectivity index (χ1n) is 5.52. The van der Waals surface area contributed by atoms with Crippen molar-refractivity contribution in [2.24, 2.45) is 0 Å². The smallest absolute Gasteiger partial charge is 0.0652 e. The van der Waals surface area contributed by atoms with Gasteiger partial charge in [-0.05, 0) is 28.9 Å². The molecular formula is C14H14N2. The highest BCUT2D eigenvalue weighted by Crippen LogP contribution is 2.32. The quantitative estimate of drug-likeness (QED) is 0.745. The maximum atomic E-state index is 3.25. The van der Waals surface area contributed by atoms with Crippen LogP contribution in [0.4, 0.5) is 0 Å². The van der Waals surface area contributed by atoms with E-state index in [1.807, 2.05) is 7.05 Å². The first-order chi connectivity index (χ1) is 7.90. The maximum Gasteiger partial charge on any atom is 0.0652 e. The summed E-state index contributed by atoms with van der Waals surface area (Å²) in [4.78, 5) is 0. The SMILES string of the molecule is CNNC1C=Cc2cccc3cccc1c23. The molecule has 0 radical (unpaired) electrons. The lowest BCUT2D eigenvalue weighted by Crippen LogP contribution is -2.31. The summed E-state index contributed by atoms with van der Waals surface area (Å²) in [6.07, 6.45) is 4.37. The minimum atomic E-state index is 0.253. The lowest BCUT2D eigenvalue weighted by atomic mass is 9.90. The van der Waals surface area contributed by atoms with E-state index in [4.69, 9.17) is 0 Å². The van der Waals surface area contributed by atoms with Crippen LogP contribution in [0.1, 0.15) is 17.2 Å². The summed E-state index contributed by atoms with van der Waals surface area (Å²) < 4.78 is 0. The Hall–Kier alpha value is -1.64. The molecule has 1 unspecified atom stereocenters. The standard InChI is InChI=1S/C14H14N2/c1-15-16-13-9-8-11-5-2-4-10-6-3-7-12(13)14(10)11/h2-9,13,15-16H,1H3. The predicted octanol–water partition coefficient (Wildman–Crippen LogP) is 2.63. The molecule has 2 aromatic carbocycles. The van der Waals surface area contributed by atoms with E-state index in [1.54, 1.807) is 0 Å². The summed E-state index contributed by atoms with van der Waals surface area (Å²) in [7, 11) is 1.90. The van der Waals surface area contributed by atoms with Gasteiger partial charge in [-0.1, -0.05) is 48.6 Å². The molecule has 0 saturated heterocycles. The number of rotatable bonds is 2. The molecule has 0 heterocycles. The Balaban J connectivity index is 2.27. The predicted molar refractivity (Wildman–Crippen MR) is 67.9 cm³/mol. The summed E-state index contributed by atoms with van der Waals surface area (Å²) in [6, 6.07) is 13.2. The van der Waals surface area contributed by atoms with Crippen molar-refractivity contribution in [3.8, 4) is 0 Å². The van der Waals surface area contributed by atoms with Gasteiger partial charge in [-0.2, -0.15) is 0 Å². The summed E-state index contributed by atoms with van der Waals surface area (Å²) in [5, 5.41) is 2.67. The maximum absolute atomic E-state index is 3.25. The van der Waals surface area contributed by atoms with E-state index in [2.05, 4.69) is 59.4 Å². The molecule has 2 aromatic rings. The molecule has 0 saturated carbocycles. The van der Waals surface area contributed by atoms with Crippen LogP contribution in [-0.4, -0.2) is 7.05 Å². The van der Waals surface area contributed by atoms with Gasteiger partial charge in [-0.3, -0.25) is 5.43 Å². The van der Waals surface area contributed by atoms with Crippen molar-refractivity contribution in [3.63, 3.8) is 0 Å². The second-order valence-corrected chi connectivity index (χ2v) is 4.02. The molecule has 0 aliphatic heterocycles. The Kier molecular flexibility index (Phi) is 2.24. The molecule has 0 aromatic heterocycles. The van der Waals surface area contributed by atoms with Crippen LogP contribution in [0.3, 0.4) is 0 Å². The van der Waals surface area contributed by atoms with Crippen LogP contribution in [-0.2, 0) is 0 Å². The second-order valence-electron chi connectivity index (χ2n) is 4.02. The van der Waals surface area contributed by atoms with Crippen LogP contribution in [0, 0.1) is 0 Å². The van der Waals surface area contributed by atoms with Gasteiger partial charge >= 0.3 is 0 Å². The highest BCUT2D eigenvalue weighted by Gasteiger charge is 2.15. The number of hydrogen-bond donors (Lipinski definition) is 2. The summed E-state index contributed by atoms with van der Waals surface area (Å²) in [5.74, 6) is 0. The normalized spacial score (nSPS) is 17.9. The van der Waals surface area contributed by atoms with Gasteiger partial charge < -0.3 is 0 Å². The zero-order valence-electron chi connectivity index (χ0n) is 9.20. The van der Waals surface area contributed by atoms with Crippen LogP contribution in [0.25, 0.3) is 16.8 Å². The highest BCUT2D eigenvalue weighted by atomic mass is 15.3. The molecule has 1 atom stereocenters. The lowest BCUT2D eigenvalue weighted by Gasteiger charge is -2.21. The number of hydrogen-bond acceptors (Lipinski definition) is 2. The number of hydrazine groups is 1. The van der Waals surface area contributed by atoms with Gasteiger partial charge in [0.2, 0.25) is 0 Å². The molecule has 2 heteroatoms. The molecular weight excluding hydrogens is 196 g/mol. The molecule has 3 rings (SSSR count). The lowest BCUT2D eigenvalue weighted by molar-refractivity contribution is 0.544. The minimum absolute atomic E-state index is 0.253. The monoisotopic (exact) mass is 210 g/mol. The minimum Gasteiger partial charge on any atom is -0.260 e. The van der Waals surface area contributed by atoms with Gasteiger partial charge in [0.1, 0.15) is 0 Å². The molecule has 16 heavy (non-hydrogen) atoms. The number of nitrogens with one attached hydrogen (secondary N) is 2. The molecule has 2 N–H and O–H groups in total. The molecule has 1 aliphatic rings. The van der Waals surface area contributed by atoms with Gasteiger partial charge in [-0.15, -0.1) is 0 Å². The summed E-state index contributed by atoms with van der Waals surface area (Å²) >= 11 is 0. The van der Waals surface area contributed by atoms with Crippen molar-refractivity contribution in [2.45, 2.75) is 6.04 Å². The molecule has 0 bridgehead atoms. The van der Waals surface area contributed by atoms with Crippen molar-refractivity contribution in [3.05, 3.63) is 53.6 Å². The van der Waals surface area contributed by atoms with Gasteiger partial charge in [0.25, 0.3) is 0 Å². The third kappa shape index (κ3) is 1.35. The van der Waals surface area contributed by atoms with E-state index >= 15 is 0 Å². The molecule has 2 nitrogen and oxygen atoms in total. The van der Waals surface area contributed by atoms with E-state index in [-0.39, 0.29) is 6.04 Å². The van der Waals surface area contributed by atoms with E-state index in [9.17, 15) is 0 Å². The Morgan fingerprint density at radius 2 is 1.88 bits per heavy atom. The highest BCUT2D eigenvalue weighted by molar-refractivity contribution is 5.95. The van der Waals surface area contributed by atoms with E-state index < -0.39 is 0 Å². The Morgan fingerprint density at radius 1 is 1.06 bits per heavy atom. The van der Waals surface area contributed by atoms with Crippen LogP contribution in [0.5, 0.6) is 0 Å². The van der Waals surface area contributed by atoms with Gasteiger partial charge in [0, 0.05) is 0 Å². The summed E-state index contributed by atoms with van der Waals surface area (Å²) in [5.41, 5.74) is 8.90. The van der Waals surface area contributed by atoms with Gasteiger partial charge in [-0.25, -0.2) is 5.43 Å². The van der Waals surface area contributed by atoms with Crippen molar-refractivity contribution < 1.29 is 0 Å². The largest absolute Gasteiger partial charge is 0.260 e. The second kappa shape index (κ2) is 3.74. The third-order valence-electron chi connectivity index (χ3n) is 3.07. The van der Waals surface area contributed by atoms with E-state index in [1.165, 1.54) is 21.9 Å². The third-order valence-corrected chi connectivity index (χ3v) is 3.07. The molecule has 1 aliphatic carbocycles. The molecule has 0 spiro atoms. The average Bonchev–Trinajstić information content (AvgIpc) is 2.33. The van der Waals surface area contributed by atoms with Crippen LogP contribution < -0.4 is 10.9 Å². The first kappa shape index (κ1) is 9.58. The zero-order chi connectivity index (χ0) is 11.0. The number of benzene rings is 2. The van der Waals surface area contributed by atoms with Crippen LogP contribution >= 0.6 is 0 Å². The zero-order valence-corrected chi connectivity index (χ0v) is 9.20. The first-order valence-corrected chi connectivity index (χ1v) is 5.52. The van der Waals surface area contributed by atoms with Gasteiger partial charge in [0.15, 0.2) is 0 Å². The molecule has 0 amide bonds. The van der Waals surface area contributed by atoms with Crippen molar-refractivity contribution in [2.75, 3.05) is 7.05 Å². The Bertz CT molecular complexity index is 552. The summed E-state index contributed by atoms with van der Waals surface area (Å²) in [6.45, 7) is 0. The topological polar surface area (TPSA) is 24.1 Å². The Morgan fingerprint density at radius 3 is 2.69 bits per heavy atom. The van der Waals surface area contributed by atoms with E-state index in [0.29, 0.717) is 0 Å². The van der Waals surface area contributed by atoms with Crippen molar-refractivity contribution in [1.29, 1.82) is 0 Å². The fourth-order valence-electron chi connectivity index (χ4n) is 2.38. The van der Waals surface area contributed by atoms with Gasteiger partial charge in [0.05, 0.1) is 6.04 Å². The van der Waals surface area contributed by atoms with Crippen molar-refractivity contribution in [1.82, 2.24) is 10.9 Å². The fraction of sp³-hybridized carbons (Fsp3) is 0.143. The van der Waals surface area contributed by atoms with E-state index in [0.717, 1.165) is 0 Å². The van der Waals surface area contributed by atoms with Crippen LogP contribution in [0.2, 0.25) is 0 Å². The Labute approximate surface area is 94.9 Å².